The summed E-state index contributed by atoms with van der Waals surface area (Å²) in [5, 5.41) is 3.25. The second-order valence-corrected chi connectivity index (χ2v) is 8.10. The van der Waals surface area contributed by atoms with Crippen molar-refractivity contribution >= 4 is 5.91 Å². The number of ether oxygens (including phenoxy) is 1. The number of piperidine rings is 1. The van der Waals surface area contributed by atoms with Gasteiger partial charge in [0.15, 0.2) is 0 Å². The number of benzene rings is 1. The standard InChI is InChI=1S/C22H28N2O3/c1-16(2)21(25)23-19-14-22(27-20-8-4-3-7-18(19)20)9-11-24(12-10-22)15-17-6-5-13-26-17/h3-8,13,16,19H,9-12,14-15H2,1-2H3,(H,23,25)/t19-/m0/s1. The van der Waals surface area contributed by atoms with Gasteiger partial charge in [-0.25, -0.2) is 0 Å². The van der Waals surface area contributed by atoms with Crippen LogP contribution in [0.1, 0.15) is 50.5 Å². The number of fused-ring (bicyclic) bond motifs is 1. The molecule has 0 bridgehead atoms. The van der Waals surface area contributed by atoms with Gasteiger partial charge >= 0.3 is 0 Å². The zero-order chi connectivity index (χ0) is 18.9. The van der Waals surface area contributed by atoms with E-state index in [4.69, 9.17) is 9.15 Å². The number of nitrogens with zero attached hydrogens (tertiary/aromatic N) is 1. The van der Waals surface area contributed by atoms with Crippen LogP contribution < -0.4 is 10.1 Å². The second kappa shape index (κ2) is 7.39. The molecule has 2 aromatic rings. The normalized spacial score (nSPS) is 21.7. The maximum atomic E-state index is 12.4. The van der Waals surface area contributed by atoms with Gasteiger partial charge in [0.2, 0.25) is 5.91 Å². The zero-order valence-corrected chi connectivity index (χ0v) is 16.1. The van der Waals surface area contributed by atoms with Gasteiger partial charge in [0.25, 0.3) is 0 Å². The lowest BCUT2D eigenvalue weighted by atomic mass is 9.80. The molecule has 2 aliphatic heterocycles. The molecule has 1 aromatic carbocycles. The molecule has 5 nitrogen and oxygen atoms in total. The van der Waals surface area contributed by atoms with Crippen LogP contribution in [0.4, 0.5) is 0 Å². The first-order chi connectivity index (χ1) is 13.0. The van der Waals surface area contributed by atoms with Crippen LogP contribution in [-0.2, 0) is 11.3 Å². The maximum absolute atomic E-state index is 12.4. The summed E-state index contributed by atoms with van der Waals surface area (Å²) < 4.78 is 12.0. The Bertz CT molecular complexity index is 777. The van der Waals surface area contributed by atoms with Crippen LogP contribution in [0.3, 0.4) is 0 Å². The van der Waals surface area contributed by atoms with Gasteiger partial charge in [-0.3, -0.25) is 9.69 Å². The SMILES string of the molecule is CC(C)C(=O)N[C@H]1CC2(CCN(Cc3ccco3)CC2)Oc2ccccc21. The highest BCUT2D eigenvalue weighted by molar-refractivity contribution is 5.78. The lowest BCUT2D eigenvalue weighted by Crippen LogP contribution is -2.52. The van der Waals surface area contributed by atoms with Crippen molar-refractivity contribution in [3.63, 3.8) is 0 Å². The van der Waals surface area contributed by atoms with Crippen LogP contribution in [0.5, 0.6) is 5.75 Å². The number of carbonyl (C=O) groups excluding carboxylic acids is 1. The first-order valence-electron chi connectivity index (χ1n) is 9.88. The van der Waals surface area contributed by atoms with Crippen molar-refractivity contribution in [3.8, 4) is 5.75 Å². The van der Waals surface area contributed by atoms with Crippen LogP contribution in [0, 0.1) is 5.92 Å². The van der Waals surface area contributed by atoms with Crippen LogP contribution in [-0.4, -0.2) is 29.5 Å². The zero-order valence-electron chi connectivity index (χ0n) is 16.1. The molecule has 0 unspecified atom stereocenters. The van der Waals surface area contributed by atoms with E-state index < -0.39 is 0 Å². The number of rotatable bonds is 4. The maximum Gasteiger partial charge on any atom is 0.223 e. The molecule has 1 aromatic heterocycles. The van der Waals surface area contributed by atoms with Gasteiger partial charge in [-0.2, -0.15) is 0 Å². The summed E-state index contributed by atoms with van der Waals surface area (Å²) in [6, 6.07) is 12.1. The molecule has 0 saturated carbocycles. The Kier molecular flexibility index (Phi) is 4.96. The summed E-state index contributed by atoms with van der Waals surface area (Å²) in [5.74, 6) is 1.99. The van der Waals surface area contributed by atoms with E-state index in [1.807, 2.05) is 44.2 Å². The molecule has 0 aliphatic carbocycles. The number of hydrogen-bond acceptors (Lipinski definition) is 4. The lowest BCUT2D eigenvalue weighted by molar-refractivity contribution is -0.125. The van der Waals surface area contributed by atoms with Gasteiger partial charge in [0, 0.05) is 31.0 Å². The quantitative estimate of drug-likeness (QED) is 0.889. The first kappa shape index (κ1) is 18.1. The number of hydrogen-bond donors (Lipinski definition) is 1. The lowest BCUT2D eigenvalue weighted by Gasteiger charge is -2.47. The summed E-state index contributed by atoms with van der Waals surface area (Å²) in [4.78, 5) is 14.8. The molecule has 1 saturated heterocycles. The smallest absolute Gasteiger partial charge is 0.223 e. The van der Waals surface area contributed by atoms with Crippen molar-refractivity contribution in [2.75, 3.05) is 13.1 Å². The Balaban J connectivity index is 1.48. The van der Waals surface area contributed by atoms with Crippen molar-refractivity contribution in [2.24, 2.45) is 5.92 Å². The van der Waals surface area contributed by atoms with E-state index in [1.165, 1.54) is 0 Å². The fourth-order valence-electron chi connectivity index (χ4n) is 4.13. The average Bonchev–Trinajstić information content (AvgIpc) is 3.17. The predicted octanol–water partition coefficient (Wildman–Crippen LogP) is 3.91. The average molecular weight is 368 g/mol. The van der Waals surface area contributed by atoms with Gasteiger partial charge < -0.3 is 14.5 Å². The first-order valence-corrected chi connectivity index (χ1v) is 9.88. The molecule has 1 amide bonds. The third-order valence-electron chi connectivity index (χ3n) is 5.76. The van der Waals surface area contributed by atoms with Crippen LogP contribution >= 0.6 is 0 Å². The van der Waals surface area contributed by atoms with E-state index in [-0.39, 0.29) is 23.5 Å². The molecule has 144 valence electrons. The van der Waals surface area contributed by atoms with E-state index in [0.717, 1.165) is 56.0 Å². The second-order valence-electron chi connectivity index (χ2n) is 8.10. The number of amides is 1. The molecular formula is C22H28N2O3. The molecule has 2 aliphatic rings. The monoisotopic (exact) mass is 368 g/mol. The van der Waals surface area contributed by atoms with Crippen molar-refractivity contribution in [1.82, 2.24) is 10.2 Å². The molecule has 1 spiro atoms. The van der Waals surface area contributed by atoms with Crippen molar-refractivity contribution in [2.45, 2.75) is 51.3 Å². The predicted molar refractivity (Wildman–Crippen MR) is 103 cm³/mol. The Hall–Kier alpha value is -2.27. The molecule has 0 radical (unpaired) electrons. The summed E-state index contributed by atoms with van der Waals surface area (Å²) in [7, 11) is 0. The molecule has 27 heavy (non-hydrogen) atoms. The highest BCUT2D eigenvalue weighted by Gasteiger charge is 2.43. The minimum atomic E-state index is -0.205. The highest BCUT2D eigenvalue weighted by atomic mass is 16.5. The number of furan rings is 1. The van der Waals surface area contributed by atoms with Crippen molar-refractivity contribution < 1.29 is 13.9 Å². The summed E-state index contributed by atoms with van der Waals surface area (Å²) >= 11 is 0. The van der Waals surface area contributed by atoms with Crippen LogP contribution in [0.15, 0.2) is 47.1 Å². The van der Waals surface area contributed by atoms with Crippen molar-refractivity contribution in [3.05, 3.63) is 54.0 Å². The molecule has 1 atom stereocenters. The van der Waals surface area contributed by atoms with E-state index in [2.05, 4.69) is 16.3 Å². The fraction of sp³-hybridized carbons (Fsp3) is 0.500. The highest BCUT2D eigenvalue weighted by Crippen LogP contribution is 2.44. The largest absolute Gasteiger partial charge is 0.487 e. The summed E-state index contributed by atoms with van der Waals surface area (Å²) in [6.45, 7) is 6.64. The number of para-hydroxylation sites is 1. The topological polar surface area (TPSA) is 54.7 Å². The summed E-state index contributed by atoms with van der Waals surface area (Å²) in [6.07, 6.45) is 4.47. The molecular weight excluding hydrogens is 340 g/mol. The van der Waals surface area contributed by atoms with Crippen LogP contribution in [0.2, 0.25) is 0 Å². The minimum Gasteiger partial charge on any atom is -0.487 e. The molecule has 3 heterocycles. The van der Waals surface area contributed by atoms with Gasteiger partial charge in [-0.15, -0.1) is 0 Å². The fourth-order valence-corrected chi connectivity index (χ4v) is 4.13. The van der Waals surface area contributed by atoms with Gasteiger partial charge in [0.1, 0.15) is 17.1 Å². The molecule has 1 fully saturated rings. The minimum absolute atomic E-state index is 0.0153. The van der Waals surface area contributed by atoms with Gasteiger partial charge in [-0.05, 0) is 31.0 Å². The van der Waals surface area contributed by atoms with E-state index >= 15 is 0 Å². The van der Waals surface area contributed by atoms with E-state index in [0.29, 0.717) is 0 Å². The number of nitrogens with one attached hydrogen (secondary N) is 1. The van der Waals surface area contributed by atoms with Gasteiger partial charge in [0.05, 0.1) is 18.8 Å². The summed E-state index contributed by atoms with van der Waals surface area (Å²) in [5.41, 5.74) is 0.887. The van der Waals surface area contributed by atoms with Crippen molar-refractivity contribution in [1.29, 1.82) is 0 Å². The third-order valence-corrected chi connectivity index (χ3v) is 5.76. The Morgan fingerprint density at radius 1 is 1.22 bits per heavy atom. The third kappa shape index (κ3) is 3.88. The molecule has 4 rings (SSSR count). The number of likely N-dealkylation sites (tertiary alicyclic amines) is 1. The molecule has 5 heteroatoms. The van der Waals surface area contributed by atoms with E-state index in [9.17, 15) is 4.79 Å². The Morgan fingerprint density at radius 3 is 2.70 bits per heavy atom. The van der Waals surface area contributed by atoms with E-state index in [1.54, 1.807) is 6.26 Å². The van der Waals surface area contributed by atoms with Gasteiger partial charge in [-0.1, -0.05) is 32.0 Å². The van der Waals surface area contributed by atoms with Crippen LogP contribution in [0.25, 0.3) is 0 Å². The Morgan fingerprint density at radius 2 is 2.00 bits per heavy atom. The number of carbonyl (C=O) groups is 1. The molecule has 1 N–H and O–H groups in total. The Labute approximate surface area is 160 Å².